The molecule has 0 N–H and O–H groups in total. The number of hydrogen-bond donors (Lipinski definition) is 0. The van der Waals surface area contributed by atoms with Gasteiger partial charge in [0.25, 0.3) is 0 Å². The van der Waals surface area contributed by atoms with Crippen molar-refractivity contribution in [3.05, 3.63) is 45.9 Å². The molecule has 0 spiro atoms. The van der Waals surface area contributed by atoms with Crippen LogP contribution < -0.4 is 14.4 Å². The molecule has 2 aromatic rings. The number of nitrogens with zero attached hydrogens (tertiary/aromatic N) is 1. The molecule has 32 heavy (non-hydrogen) atoms. The van der Waals surface area contributed by atoms with Gasteiger partial charge in [0, 0.05) is 0 Å². The predicted molar refractivity (Wildman–Crippen MR) is 124 cm³/mol. The van der Waals surface area contributed by atoms with Crippen molar-refractivity contribution >= 4 is 40.8 Å². The van der Waals surface area contributed by atoms with Crippen molar-refractivity contribution in [3.8, 4) is 17.2 Å². The highest BCUT2D eigenvalue weighted by atomic mass is 35.5. The Labute approximate surface area is 198 Å². The fraction of sp³-hybridized carbons (Fsp3) is 0.391. The van der Waals surface area contributed by atoms with E-state index in [9.17, 15) is 9.59 Å². The van der Waals surface area contributed by atoms with E-state index in [0.717, 1.165) is 17.7 Å². The molecule has 0 radical (unpaired) electrons. The van der Waals surface area contributed by atoms with Crippen LogP contribution >= 0.6 is 23.2 Å². The second-order valence-corrected chi connectivity index (χ2v) is 7.36. The van der Waals surface area contributed by atoms with E-state index in [4.69, 9.17) is 42.1 Å². The van der Waals surface area contributed by atoms with Gasteiger partial charge in [-0.3, -0.25) is 9.59 Å². The Morgan fingerprint density at radius 3 is 2.00 bits per heavy atom. The van der Waals surface area contributed by atoms with Crippen molar-refractivity contribution in [2.24, 2.45) is 0 Å². The zero-order valence-corrected chi connectivity index (χ0v) is 20.1. The summed E-state index contributed by atoms with van der Waals surface area (Å²) < 4.78 is 21.3. The van der Waals surface area contributed by atoms with E-state index in [1.54, 1.807) is 39.2 Å². The highest BCUT2D eigenvalue weighted by Crippen LogP contribution is 2.41. The number of aryl methyl sites for hydroxylation is 1. The summed E-state index contributed by atoms with van der Waals surface area (Å²) in [6.45, 7) is 5.47. The zero-order valence-electron chi connectivity index (χ0n) is 18.6. The van der Waals surface area contributed by atoms with Crippen molar-refractivity contribution in [1.82, 2.24) is 0 Å². The van der Waals surface area contributed by atoms with Gasteiger partial charge in [-0.15, -0.1) is 0 Å². The third-order valence-electron chi connectivity index (χ3n) is 4.48. The molecule has 174 valence electrons. The van der Waals surface area contributed by atoms with Gasteiger partial charge in [-0.1, -0.05) is 30.1 Å². The first kappa shape index (κ1) is 25.6. The normalized spacial score (nSPS) is 10.4. The smallest absolute Gasteiger partial charge is 0.325 e. The summed E-state index contributed by atoms with van der Waals surface area (Å²) in [5.74, 6) is 0.667. The number of rotatable bonds is 11. The Morgan fingerprint density at radius 1 is 0.875 bits per heavy atom. The highest BCUT2D eigenvalue weighted by molar-refractivity contribution is 6.44. The molecule has 2 aromatic carbocycles. The van der Waals surface area contributed by atoms with Crippen LogP contribution in [0.4, 0.5) is 5.69 Å². The van der Waals surface area contributed by atoms with Crippen LogP contribution in [-0.4, -0.2) is 45.4 Å². The molecule has 0 aliphatic carbocycles. The number of anilines is 1. The van der Waals surface area contributed by atoms with E-state index in [1.807, 2.05) is 19.1 Å². The van der Waals surface area contributed by atoms with Gasteiger partial charge in [0.05, 0.1) is 31.0 Å². The quantitative estimate of drug-likeness (QED) is 0.402. The number of carbonyl (C=O) groups is 2. The van der Waals surface area contributed by atoms with Gasteiger partial charge in [0.2, 0.25) is 0 Å². The monoisotopic (exact) mass is 483 g/mol. The highest BCUT2D eigenvalue weighted by Gasteiger charge is 2.22. The SMILES string of the molecule is CCOC(=O)CN(CC(=O)OCC)c1ccc(Oc2ccc(OC)c(CC)c2)c(Cl)c1Cl. The second kappa shape index (κ2) is 12.4. The summed E-state index contributed by atoms with van der Waals surface area (Å²) in [4.78, 5) is 25.6. The summed E-state index contributed by atoms with van der Waals surface area (Å²) in [5, 5.41) is 0.290. The van der Waals surface area contributed by atoms with Gasteiger partial charge >= 0.3 is 11.9 Å². The van der Waals surface area contributed by atoms with Crippen LogP contribution in [-0.2, 0) is 25.5 Å². The number of ether oxygens (including phenoxy) is 4. The molecule has 9 heteroatoms. The summed E-state index contributed by atoms with van der Waals surface area (Å²) in [6.07, 6.45) is 0.768. The van der Waals surface area contributed by atoms with Crippen molar-refractivity contribution in [1.29, 1.82) is 0 Å². The lowest BCUT2D eigenvalue weighted by molar-refractivity contribution is -0.142. The Bertz CT molecular complexity index is 930. The lowest BCUT2D eigenvalue weighted by Gasteiger charge is -2.24. The summed E-state index contributed by atoms with van der Waals surface area (Å²) >= 11 is 13.0. The van der Waals surface area contributed by atoms with E-state index in [0.29, 0.717) is 17.2 Å². The van der Waals surface area contributed by atoms with Crippen LogP contribution in [0, 0.1) is 0 Å². The number of halogens is 2. The molecule has 0 unspecified atom stereocenters. The third-order valence-corrected chi connectivity index (χ3v) is 5.33. The molecule has 0 fully saturated rings. The fourth-order valence-electron chi connectivity index (χ4n) is 3.02. The van der Waals surface area contributed by atoms with Crippen LogP contribution in [0.2, 0.25) is 10.0 Å². The molecule has 0 aliphatic rings. The summed E-state index contributed by atoms with van der Waals surface area (Å²) in [5.41, 5.74) is 1.37. The number of hydrogen-bond acceptors (Lipinski definition) is 7. The summed E-state index contributed by atoms with van der Waals surface area (Å²) in [7, 11) is 1.61. The maximum Gasteiger partial charge on any atom is 0.325 e. The Kier molecular flexibility index (Phi) is 9.94. The van der Waals surface area contributed by atoms with Crippen LogP contribution in [0.25, 0.3) is 0 Å². The minimum absolute atomic E-state index is 0.141. The molecule has 7 nitrogen and oxygen atoms in total. The van der Waals surface area contributed by atoms with Gasteiger partial charge in [-0.2, -0.15) is 0 Å². The molecule has 0 bridgehead atoms. The number of benzene rings is 2. The van der Waals surface area contributed by atoms with E-state index < -0.39 is 11.9 Å². The first-order valence-electron chi connectivity index (χ1n) is 10.2. The van der Waals surface area contributed by atoms with Crippen LogP contribution in [0.1, 0.15) is 26.3 Å². The van der Waals surface area contributed by atoms with Gasteiger partial charge < -0.3 is 23.8 Å². The molecule has 0 atom stereocenters. The fourth-order valence-corrected chi connectivity index (χ4v) is 3.49. The largest absolute Gasteiger partial charge is 0.496 e. The van der Waals surface area contributed by atoms with Gasteiger partial charge in [-0.25, -0.2) is 0 Å². The van der Waals surface area contributed by atoms with Crippen molar-refractivity contribution in [2.45, 2.75) is 27.2 Å². The Balaban J connectivity index is 2.33. The standard InChI is InChI=1S/C23H27Cl2NO6/c1-5-15-12-16(8-10-18(15)29-4)32-19-11-9-17(22(24)23(19)25)26(13-20(27)30-6-2)14-21(28)31-7-3/h8-12H,5-7,13-14H2,1-4H3. The molecular formula is C23H27Cl2NO6. The van der Waals surface area contributed by atoms with Crippen LogP contribution in [0.15, 0.2) is 30.3 Å². The average Bonchev–Trinajstić information content (AvgIpc) is 2.77. The maximum atomic E-state index is 12.1. The maximum absolute atomic E-state index is 12.1. The zero-order chi connectivity index (χ0) is 23.7. The van der Waals surface area contributed by atoms with Crippen molar-refractivity contribution in [3.63, 3.8) is 0 Å². The average molecular weight is 484 g/mol. The van der Waals surface area contributed by atoms with Crippen LogP contribution in [0.5, 0.6) is 17.2 Å². The van der Waals surface area contributed by atoms with Gasteiger partial charge in [-0.05, 0) is 56.2 Å². The first-order chi connectivity index (χ1) is 15.3. The Hall–Kier alpha value is -2.64. The molecule has 2 rings (SSSR count). The summed E-state index contributed by atoms with van der Waals surface area (Å²) in [6, 6.07) is 8.71. The number of esters is 2. The van der Waals surface area contributed by atoms with Crippen LogP contribution in [0.3, 0.4) is 0 Å². The second-order valence-electron chi connectivity index (χ2n) is 6.61. The minimum Gasteiger partial charge on any atom is -0.496 e. The van der Waals surface area contributed by atoms with E-state index in [-0.39, 0.29) is 36.3 Å². The predicted octanol–water partition coefficient (Wildman–Crippen LogP) is 5.29. The molecule has 0 amide bonds. The molecule has 0 saturated carbocycles. The number of methoxy groups -OCH3 is 1. The van der Waals surface area contributed by atoms with Crippen molar-refractivity contribution in [2.75, 3.05) is 38.3 Å². The van der Waals surface area contributed by atoms with E-state index in [2.05, 4.69) is 0 Å². The molecule has 0 heterocycles. The van der Waals surface area contributed by atoms with E-state index in [1.165, 1.54) is 4.90 Å². The first-order valence-corrected chi connectivity index (χ1v) is 11.0. The van der Waals surface area contributed by atoms with E-state index >= 15 is 0 Å². The Morgan fingerprint density at radius 2 is 1.47 bits per heavy atom. The lowest BCUT2D eigenvalue weighted by Crippen LogP contribution is -2.36. The lowest BCUT2D eigenvalue weighted by atomic mass is 10.1. The molecule has 0 aromatic heterocycles. The van der Waals surface area contributed by atoms with Gasteiger partial charge in [0.1, 0.15) is 35.4 Å². The van der Waals surface area contributed by atoms with Gasteiger partial charge in [0.15, 0.2) is 0 Å². The molecular weight excluding hydrogens is 457 g/mol. The minimum atomic E-state index is -0.505. The topological polar surface area (TPSA) is 74.3 Å². The molecule has 0 saturated heterocycles. The third kappa shape index (κ3) is 6.68. The number of carbonyl (C=O) groups excluding carboxylic acids is 2. The molecule has 0 aliphatic heterocycles. The van der Waals surface area contributed by atoms with Crippen molar-refractivity contribution < 1.29 is 28.5 Å².